The molecular formula is C36H37FN6O6S. The van der Waals surface area contributed by atoms with E-state index in [1.807, 2.05) is 6.07 Å². The Morgan fingerprint density at radius 2 is 1.74 bits per heavy atom. The molecule has 0 saturated heterocycles. The molecular weight excluding hydrogens is 663 g/mol. The standard InChI is InChI=1S/C36H37FN6O6S/c1-22-17-24(20-39-25-5-3-4-6-25)9-14-33(22)50(48,49)41-26-10-13-28(30(37)19-26)34(44)40-31(36(46)47)18-23-7-11-27(12-8-23)43-35(45)29-15-16-38-21-32(29)42(43)2/h7-17,19,21,25,31,39,41H,3-6,18,20H2,1-2H3,(H,40,44)(H,46,47)/t31-/m0/s1. The lowest BCUT2D eigenvalue weighted by molar-refractivity contribution is -0.139. The molecule has 1 atom stereocenters. The third kappa shape index (κ3) is 7.31. The molecule has 1 aliphatic rings. The number of fused-ring (bicyclic) bond motifs is 1. The summed E-state index contributed by atoms with van der Waals surface area (Å²) in [5, 5.41) is 16.2. The van der Waals surface area contributed by atoms with Crippen LogP contribution in [0, 0.1) is 12.7 Å². The number of aliphatic carboxylic acids is 1. The van der Waals surface area contributed by atoms with Gasteiger partial charge in [-0.1, -0.05) is 37.1 Å². The maximum atomic E-state index is 15.2. The van der Waals surface area contributed by atoms with Gasteiger partial charge >= 0.3 is 5.97 Å². The third-order valence-electron chi connectivity index (χ3n) is 9.04. The second-order valence-electron chi connectivity index (χ2n) is 12.5. The first-order valence-corrected chi connectivity index (χ1v) is 17.7. The van der Waals surface area contributed by atoms with Crippen molar-refractivity contribution in [3.8, 4) is 5.69 Å². The molecule has 6 rings (SSSR count). The molecule has 3 aromatic carbocycles. The molecule has 0 spiro atoms. The molecule has 2 aromatic heterocycles. The molecule has 14 heteroatoms. The van der Waals surface area contributed by atoms with Crippen LogP contribution in [0.25, 0.3) is 16.6 Å². The summed E-state index contributed by atoms with van der Waals surface area (Å²) >= 11 is 0. The fourth-order valence-corrected chi connectivity index (χ4v) is 7.68. The SMILES string of the molecule is Cc1cc(CNC2CCCC2)ccc1S(=O)(=O)Nc1ccc(C(=O)N[C@@H](Cc2ccc(-n3c(=O)c4ccncc4n3C)cc2)C(=O)O)c(F)c1. The lowest BCUT2D eigenvalue weighted by Gasteiger charge is -2.16. The number of amides is 1. The molecule has 0 aliphatic heterocycles. The van der Waals surface area contributed by atoms with Crippen LogP contribution in [0.5, 0.6) is 0 Å². The van der Waals surface area contributed by atoms with Gasteiger partial charge in [0.1, 0.15) is 11.9 Å². The van der Waals surface area contributed by atoms with E-state index in [2.05, 4.69) is 20.3 Å². The van der Waals surface area contributed by atoms with Crippen LogP contribution < -0.4 is 20.9 Å². The van der Waals surface area contributed by atoms with E-state index in [0.29, 0.717) is 40.3 Å². The zero-order chi connectivity index (χ0) is 35.6. The lowest BCUT2D eigenvalue weighted by atomic mass is 10.0. The van der Waals surface area contributed by atoms with Crippen molar-refractivity contribution in [2.24, 2.45) is 7.05 Å². The van der Waals surface area contributed by atoms with Crippen molar-refractivity contribution < 1.29 is 27.5 Å². The fourth-order valence-electron chi connectivity index (χ4n) is 6.41. The number of aromatic nitrogens is 3. The van der Waals surface area contributed by atoms with Crippen LogP contribution in [0.1, 0.15) is 52.7 Å². The molecule has 1 fully saturated rings. The highest BCUT2D eigenvalue weighted by molar-refractivity contribution is 7.92. The number of carbonyl (C=O) groups is 2. The molecule has 1 saturated carbocycles. The topological polar surface area (TPSA) is 164 Å². The van der Waals surface area contributed by atoms with E-state index in [1.54, 1.807) is 61.2 Å². The van der Waals surface area contributed by atoms with E-state index >= 15 is 4.39 Å². The first kappa shape index (κ1) is 34.5. The van der Waals surface area contributed by atoms with Crippen molar-refractivity contribution in [1.82, 2.24) is 25.0 Å². The van der Waals surface area contributed by atoms with Crippen molar-refractivity contribution in [2.75, 3.05) is 4.72 Å². The number of carbonyl (C=O) groups excluding carboxylic acids is 1. The van der Waals surface area contributed by atoms with E-state index in [0.717, 1.165) is 30.5 Å². The van der Waals surface area contributed by atoms with Crippen LogP contribution in [0.3, 0.4) is 0 Å². The number of pyridine rings is 1. The highest BCUT2D eigenvalue weighted by Gasteiger charge is 2.24. The second kappa shape index (κ2) is 14.3. The Bertz CT molecular complexity index is 2240. The third-order valence-corrected chi connectivity index (χ3v) is 10.6. The Morgan fingerprint density at radius 1 is 1.02 bits per heavy atom. The smallest absolute Gasteiger partial charge is 0.326 e. The number of nitrogens with one attached hydrogen (secondary N) is 3. The van der Waals surface area contributed by atoms with Crippen molar-refractivity contribution >= 4 is 38.5 Å². The van der Waals surface area contributed by atoms with Crippen LogP contribution in [-0.4, -0.2) is 51.8 Å². The zero-order valence-electron chi connectivity index (χ0n) is 27.5. The number of aryl methyl sites for hydroxylation is 2. The summed E-state index contributed by atoms with van der Waals surface area (Å²) in [6.45, 7) is 2.33. The Labute approximate surface area is 288 Å². The number of benzene rings is 3. The minimum Gasteiger partial charge on any atom is -0.480 e. The van der Waals surface area contributed by atoms with Crippen LogP contribution in [-0.2, 0) is 34.8 Å². The van der Waals surface area contributed by atoms with Crippen LogP contribution >= 0.6 is 0 Å². The minimum atomic E-state index is -4.08. The van der Waals surface area contributed by atoms with Gasteiger partial charge in [-0.05, 0) is 78.9 Å². The summed E-state index contributed by atoms with van der Waals surface area (Å²) in [5.41, 5.74) is 2.46. The number of rotatable bonds is 12. The van der Waals surface area contributed by atoms with E-state index in [-0.39, 0.29) is 22.6 Å². The number of anilines is 1. The molecule has 0 bridgehead atoms. The molecule has 2 heterocycles. The van der Waals surface area contributed by atoms with E-state index < -0.39 is 39.3 Å². The van der Waals surface area contributed by atoms with Crippen LogP contribution in [0.2, 0.25) is 0 Å². The van der Waals surface area contributed by atoms with Crippen molar-refractivity contribution in [2.45, 2.75) is 62.6 Å². The minimum absolute atomic E-state index is 0.0446. The Kier molecular flexibility index (Phi) is 9.84. The lowest BCUT2D eigenvalue weighted by Crippen LogP contribution is -2.42. The van der Waals surface area contributed by atoms with E-state index in [9.17, 15) is 27.9 Å². The predicted molar refractivity (Wildman–Crippen MR) is 186 cm³/mol. The molecule has 0 unspecified atom stereocenters. The summed E-state index contributed by atoms with van der Waals surface area (Å²) in [5.74, 6) is -3.34. The first-order chi connectivity index (χ1) is 23.9. The Morgan fingerprint density at radius 3 is 2.40 bits per heavy atom. The molecule has 50 heavy (non-hydrogen) atoms. The summed E-state index contributed by atoms with van der Waals surface area (Å²) in [6, 6.07) is 15.6. The average molecular weight is 701 g/mol. The molecule has 0 radical (unpaired) electrons. The quantitative estimate of drug-likeness (QED) is 0.149. The summed E-state index contributed by atoms with van der Waals surface area (Å²) in [6.07, 6.45) is 7.70. The number of nitrogens with zero attached hydrogens (tertiary/aromatic N) is 3. The van der Waals surface area contributed by atoms with Gasteiger partial charge in [0.25, 0.3) is 21.5 Å². The van der Waals surface area contributed by atoms with Gasteiger partial charge in [-0.2, -0.15) is 0 Å². The van der Waals surface area contributed by atoms with E-state index in [4.69, 9.17) is 0 Å². The van der Waals surface area contributed by atoms with E-state index in [1.165, 1.54) is 35.9 Å². The van der Waals surface area contributed by atoms with Gasteiger partial charge in [-0.3, -0.25) is 24.0 Å². The van der Waals surface area contributed by atoms with Crippen molar-refractivity contribution in [3.63, 3.8) is 0 Å². The molecule has 1 aliphatic carbocycles. The molecule has 12 nitrogen and oxygen atoms in total. The average Bonchev–Trinajstić information content (AvgIpc) is 3.69. The molecule has 4 N–H and O–H groups in total. The normalized spacial score (nSPS) is 14.1. The summed E-state index contributed by atoms with van der Waals surface area (Å²) in [7, 11) is -2.35. The number of halogens is 1. The van der Waals surface area contributed by atoms with Crippen molar-refractivity contribution in [3.05, 3.63) is 118 Å². The monoisotopic (exact) mass is 700 g/mol. The van der Waals surface area contributed by atoms with Crippen LogP contribution in [0.15, 0.2) is 88.8 Å². The maximum absolute atomic E-state index is 15.2. The second-order valence-corrected chi connectivity index (χ2v) is 14.2. The Hall–Kier alpha value is -5.34. The van der Waals surface area contributed by atoms with Gasteiger partial charge in [0.15, 0.2) is 0 Å². The molecule has 260 valence electrons. The van der Waals surface area contributed by atoms with Gasteiger partial charge in [0.05, 0.1) is 38.9 Å². The predicted octanol–water partition coefficient (Wildman–Crippen LogP) is 4.43. The Balaban J connectivity index is 1.10. The van der Waals surface area contributed by atoms with Crippen molar-refractivity contribution in [1.29, 1.82) is 0 Å². The highest BCUT2D eigenvalue weighted by atomic mass is 32.2. The molecule has 5 aromatic rings. The van der Waals surface area contributed by atoms with Gasteiger partial charge in [0.2, 0.25) is 0 Å². The van der Waals surface area contributed by atoms with Gasteiger partial charge in [0, 0.05) is 32.3 Å². The number of sulfonamides is 1. The number of hydrogen-bond donors (Lipinski definition) is 4. The van der Waals surface area contributed by atoms with Gasteiger partial charge < -0.3 is 15.7 Å². The summed E-state index contributed by atoms with van der Waals surface area (Å²) < 4.78 is 47.0. The summed E-state index contributed by atoms with van der Waals surface area (Å²) in [4.78, 5) is 42.1. The van der Waals surface area contributed by atoms with Gasteiger partial charge in [-0.15, -0.1) is 0 Å². The number of carboxylic acid groups (broad SMARTS) is 1. The maximum Gasteiger partial charge on any atom is 0.326 e. The highest BCUT2D eigenvalue weighted by Crippen LogP contribution is 2.24. The van der Waals surface area contributed by atoms with Gasteiger partial charge in [-0.25, -0.2) is 22.3 Å². The molecule has 1 amide bonds. The number of carboxylic acids is 1. The zero-order valence-corrected chi connectivity index (χ0v) is 28.3. The number of hydrogen-bond acceptors (Lipinski definition) is 7. The van der Waals surface area contributed by atoms with Crippen LogP contribution in [0.4, 0.5) is 10.1 Å². The largest absolute Gasteiger partial charge is 0.480 e. The first-order valence-electron chi connectivity index (χ1n) is 16.2. The fraction of sp³-hybridized carbons (Fsp3) is 0.278.